The summed E-state index contributed by atoms with van der Waals surface area (Å²) in [5, 5.41) is 10.3. The van der Waals surface area contributed by atoms with Gasteiger partial charge in [0.05, 0.1) is 10.0 Å². The number of hydrogen-bond donors (Lipinski definition) is 1. The number of rotatable bonds is 4. The monoisotopic (exact) mass is 552 g/mol. The molecule has 35 heavy (non-hydrogen) atoms. The molecule has 4 nitrogen and oxygen atoms in total. The molecule has 0 aliphatic heterocycles. The quantitative estimate of drug-likeness (QED) is 0.256. The molecule has 4 aromatic carbocycles. The van der Waals surface area contributed by atoms with Gasteiger partial charge in [-0.05, 0) is 84.9 Å². The van der Waals surface area contributed by atoms with Crippen molar-refractivity contribution in [3.8, 4) is 17.2 Å². The topological polar surface area (TPSA) is 63.6 Å². The summed E-state index contributed by atoms with van der Waals surface area (Å²) in [7, 11) is 0. The third-order valence-corrected chi connectivity index (χ3v) is 5.13. The zero-order valence-corrected chi connectivity index (χ0v) is 20.8. The van der Waals surface area contributed by atoms with E-state index in [-0.39, 0.29) is 10.8 Å². The minimum absolute atomic E-state index is 0.0235. The molecule has 0 fully saturated rings. The lowest BCUT2D eigenvalue weighted by Crippen LogP contribution is -1.87. The van der Waals surface area contributed by atoms with Crippen LogP contribution in [0.25, 0.3) is 0 Å². The number of halogens is 5. The van der Waals surface area contributed by atoms with Crippen LogP contribution in [-0.4, -0.2) is 17.7 Å². The van der Waals surface area contributed by atoms with Crippen molar-refractivity contribution in [1.29, 1.82) is 0 Å². The third kappa shape index (κ3) is 9.97. The number of hydrogen-bond acceptors (Lipinski definition) is 4. The Morgan fingerprint density at radius 1 is 0.657 bits per heavy atom. The fourth-order valence-electron chi connectivity index (χ4n) is 2.33. The van der Waals surface area contributed by atoms with Crippen LogP contribution in [0.5, 0.6) is 17.2 Å². The minimum atomic E-state index is -0.507. The molecule has 0 radical (unpaired) electrons. The average Bonchev–Trinajstić information content (AvgIpc) is 2.86. The Balaban J connectivity index is 0.000000204. The summed E-state index contributed by atoms with van der Waals surface area (Å²) >= 11 is 22.6. The van der Waals surface area contributed by atoms with E-state index < -0.39 is 5.82 Å². The molecule has 9 heteroatoms. The van der Waals surface area contributed by atoms with Gasteiger partial charge in [0, 0.05) is 21.2 Å². The molecule has 0 unspecified atom stereocenters. The van der Waals surface area contributed by atoms with Crippen molar-refractivity contribution in [2.75, 3.05) is 0 Å². The fourth-order valence-corrected chi connectivity index (χ4v) is 3.00. The highest BCUT2D eigenvalue weighted by atomic mass is 35.5. The highest BCUT2D eigenvalue weighted by Crippen LogP contribution is 2.30. The molecule has 0 atom stereocenters. The lowest BCUT2D eigenvalue weighted by atomic mass is 10.2. The number of carbonyl (C=O) groups is 2. The second kappa shape index (κ2) is 14.3. The van der Waals surface area contributed by atoms with Gasteiger partial charge < -0.3 is 9.84 Å². The molecule has 0 saturated heterocycles. The first-order valence-electron chi connectivity index (χ1n) is 9.74. The molecule has 0 aromatic heterocycles. The van der Waals surface area contributed by atoms with Crippen LogP contribution in [-0.2, 0) is 0 Å². The maximum Gasteiger partial charge on any atom is 0.150 e. The molecule has 4 rings (SSSR count). The largest absolute Gasteiger partial charge is 0.508 e. The van der Waals surface area contributed by atoms with Gasteiger partial charge in [0.2, 0.25) is 0 Å². The first kappa shape index (κ1) is 28.1. The second-order valence-electron chi connectivity index (χ2n) is 6.63. The smallest absolute Gasteiger partial charge is 0.150 e. The highest BCUT2D eigenvalue weighted by Gasteiger charge is 2.04. The van der Waals surface area contributed by atoms with Crippen LogP contribution >= 0.6 is 46.4 Å². The lowest BCUT2D eigenvalue weighted by molar-refractivity contribution is 0.111. The Labute approximate surface area is 221 Å². The van der Waals surface area contributed by atoms with Crippen molar-refractivity contribution in [3.05, 3.63) is 122 Å². The molecular formula is C26H17Cl4FO4. The van der Waals surface area contributed by atoms with E-state index in [1.54, 1.807) is 66.7 Å². The summed E-state index contributed by atoms with van der Waals surface area (Å²) in [6.07, 6.45) is 1.35. The molecule has 1 N–H and O–H groups in total. The average molecular weight is 554 g/mol. The van der Waals surface area contributed by atoms with E-state index in [0.717, 1.165) is 12.4 Å². The van der Waals surface area contributed by atoms with Crippen molar-refractivity contribution in [3.63, 3.8) is 0 Å². The van der Waals surface area contributed by atoms with Crippen LogP contribution < -0.4 is 4.74 Å². The zero-order chi connectivity index (χ0) is 25.8. The van der Waals surface area contributed by atoms with Crippen LogP contribution in [0, 0.1) is 5.82 Å². The number of phenols is 1. The van der Waals surface area contributed by atoms with E-state index in [4.69, 9.17) is 56.2 Å². The second-order valence-corrected chi connectivity index (χ2v) is 8.32. The molecule has 0 amide bonds. The van der Waals surface area contributed by atoms with Crippen molar-refractivity contribution >= 4 is 59.0 Å². The molecule has 0 spiro atoms. The van der Waals surface area contributed by atoms with E-state index in [2.05, 4.69) is 0 Å². The van der Waals surface area contributed by atoms with E-state index in [0.29, 0.717) is 44.0 Å². The van der Waals surface area contributed by atoms with E-state index in [9.17, 15) is 14.0 Å². The summed E-state index contributed by atoms with van der Waals surface area (Å²) in [4.78, 5) is 20.6. The maximum absolute atomic E-state index is 12.4. The maximum atomic E-state index is 12.4. The van der Waals surface area contributed by atoms with Crippen molar-refractivity contribution in [1.82, 2.24) is 0 Å². The standard InChI is InChI=1S/C13H8Cl2O2.C7H4ClFO.C6H5ClO/c14-10-2-4-11(5-3-10)17-13-6-1-9(8-16)7-12(13)15;8-6-3-5(4-10)1-2-7(6)9;7-5-1-3-6(8)4-2-5/h1-8H;1-4H;1-4,8H. The summed E-state index contributed by atoms with van der Waals surface area (Å²) in [6.45, 7) is 0. The predicted octanol–water partition coefficient (Wildman–Crippen LogP) is 8.94. The molecule has 4 aromatic rings. The van der Waals surface area contributed by atoms with E-state index in [1.165, 1.54) is 12.1 Å². The molecule has 0 aliphatic carbocycles. The number of ether oxygens (including phenoxy) is 1. The summed E-state index contributed by atoms with van der Waals surface area (Å²) < 4.78 is 17.9. The van der Waals surface area contributed by atoms with Crippen LogP contribution in [0.2, 0.25) is 20.1 Å². The Kier molecular flexibility index (Phi) is 11.5. The Morgan fingerprint density at radius 2 is 1.14 bits per heavy atom. The lowest BCUT2D eigenvalue weighted by Gasteiger charge is -2.07. The van der Waals surface area contributed by atoms with Crippen LogP contribution in [0.4, 0.5) is 4.39 Å². The summed E-state index contributed by atoms with van der Waals surface area (Å²) in [5.74, 6) is 0.872. The molecule has 0 bridgehead atoms. The molecule has 0 saturated carbocycles. The number of carbonyl (C=O) groups excluding carboxylic acids is 2. The van der Waals surface area contributed by atoms with Crippen molar-refractivity contribution in [2.24, 2.45) is 0 Å². The number of benzene rings is 4. The van der Waals surface area contributed by atoms with Crippen LogP contribution in [0.3, 0.4) is 0 Å². The number of phenolic OH excluding ortho intramolecular Hbond substituents is 1. The van der Waals surface area contributed by atoms with Gasteiger partial charge in [0.25, 0.3) is 0 Å². The van der Waals surface area contributed by atoms with Gasteiger partial charge in [-0.25, -0.2) is 4.39 Å². The van der Waals surface area contributed by atoms with Crippen molar-refractivity contribution < 1.29 is 23.8 Å². The fraction of sp³-hybridized carbons (Fsp3) is 0. The highest BCUT2D eigenvalue weighted by molar-refractivity contribution is 6.32. The molecule has 180 valence electrons. The Bertz CT molecular complexity index is 1240. The first-order valence-corrected chi connectivity index (χ1v) is 11.3. The zero-order valence-electron chi connectivity index (χ0n) is 17.8. The summed E-state index contributed by atoms with van der Waals surface area (Å²) in [6, 6.07) is 22.0. The van der Waals surface area contributed by atoms with Crippen LogP contribution in [0.1, 0.15) is 20.7 Å². The minimum Gasteiger partial charge on any atom is -0.508 e. The van der Waals surface area contributed by atoms with Crippen LogP contribution in [0.15, 0.2) is 84.9 Å². The van der Waals surface area contributed by atoms with Gasteiger partial charge in [0.1, 0.15) is 35.6 Å². The molecule has 0 heterocycles. The Hall–Kier alpha value is -3.09. The third-order valence-electron chi connectivity index (χ3n) is 4.04. The van der Waals surface area contributed by atoms with Gasteiger partial charge in [-0.1, -0.05) is 46.4 Å². The normalized spacial score (nSPS) is 9.63. The van der Waals surface area contributed by atoms with Gasteiger partial charge in [-0.15, -0.1) is 0 Å². The number of aldehydes is 2. The SMILES string of the molecule is O=Cc1ccc(F)c(Cl)c1.O=Cc1ccc(Oc2ccc(Cl)cc2)c(Cl)c1.Oc1ccc(Cl)cc1. The number of aromatic hydroxyl groups is 1. The summed E-state index contributed by atoms with van der Waals surface area (Å²) in [5.41, 5.74) is 0.893. The molecular weight excluding hydrogens is 537 g/mol. The van der Waals surface area contributed by atoms with Gasteiger partial charge >= 0.3 is 0 Å². The predicted molar refractivity (Wildman–Crippen MR) is 138 cm³/mol. The first-order chi connectivity index (χ1) is 16.7. The Morgan fingerprint density at radius 3 is 1.60 bits per heavy atom. The van der Waals surface area contributed by atoms with E-state index in [1.807, 2.05) is 0 Å². The van der Waals surface area contributed by atoms with E-state index >= 15 is 0 Å². The van der Waals surface area contributed by atoms with Gasteiger partial charge in [0.15, 0.2) is 0 Å². The van der Waals surface area contributed by atoms with Gasteiger partial charge in [-0.2, -0.15) is 0 Å². The molecule has 0 aliphatic rings. The van der Waals surface area contributed by atoms with Crippen molar-refractivity contribution in [2.45, 2.75) is 0 Å². The van der Waals surface area contributed by atoms with Gasteiger partial charge in [-0.3, -0.25) is 9.59 Å².